The van der Waals surface area contributed by atoms with Crippen LogP contribution in [0.3, 0.4) is 0 Å². The van der Waals surface area contributed by atoms with Crippen LogP contribution in [0.5, 0.6) is 11.5 Å². The molecule has 0 saturated carbocycles. The van der Waals surface area contributed by atoms with Gasteiger partial charge in [0.1, 0.15) is 17.1 Å². The summed E-state index contributed by atoms with van der Waals surface area (Å²) in [5, 5.41) is 28.9. The summed E-state index contributed by atoms with van der Waals surface area (Å²) in [6.07, 6.45) is 0. The molecular weight excluding hydrogens is 402 g/mol. The molecule has 154 valence electrons. The second-order valence-corrected chi connectivity index (χ2v) is 7.78. The van der Waals surface area contributed by atoms with Crippen LogP contribution in [0.1, 0.15) is 20.7 Å². The van der Waals surface area contributed by atoms with Crippen molar-refractivity contribution in [1.82, 2.24) is 5.32 Å². The van der Waals surface area contributed by atoms with E-state index in [4.69, 9.17) is 14.4 Å². The molecule has 0 aliphatic rings. The molecular formula is C18H19N3O7S. The summed E-state index contributed by atoms with van der Waals surface area (Å²) in [6.45, 7) is -0.0575. The van der Waals surface area contributed by atoms with E-state index in [2.05, 4.69) is 21.4 Å². The summed E-state index contributed by atoms with van der Waals surface area (Å²) in [4.78, 5) is 23.4. The molecule has 0 aliphatic carbocycles. The molecule has 1 amide bonds. The highest BCUT2D eigenvalue weighted by molar-refractivity contribution is 7.95. The highest BCUT2D eigenvalue weighted by Crippen LogP contribution is 2.28. The maximum absolute atomic E-state index is 12.3. The van der Waals surface area contributed by atoms with Crippen LogP contribution < -0.4 is 10.1 Å². The Morgan fingerprint density at radius 1 is 1.14 bits per heavy atom. The first-order valence-electron chi connectivity index (χ1n) is 8.12. The van der Waals surface area contributed by atoms with Crippen LogP contribution in [0.2, 0.25) is 0 Å². The highest BCUT2D eigenvalue weighted by Gasteiger charge is 2.14. The Bertz CT molecular complexity index is 1070. The summed E-state index contributed by atoms with van der Waals surface area (Å²) in [7, 11) is -1.83. The molecule has 0 radical (unpaired) electrons. The van der Waals surface area contributed by atoms with Gasteiger partial charge in [-0.15, -0.1) is 0 Å². The summed E-state index contributed by atoms with van der Waals surface area (Å²) in [5.74, 6) is 0.908. The minimum atomic E-state index is -3.22. The number of methoxy groups -OCH3 is 1. The minimum absolute atomic E-state index is 0.0575. The zero-order chi connectivity index (χ0) is 21.6. The number of rotatable bonds is 8. The number of ether oxygens (including phenoxy) is 1. The molecule has 0 saturated heterocycles. The van der Waals surface area contributed by atoms with Gasteiger partial charge in [0.2, 0.25) is 0 Å². The summed E-state index contributed by atoms with van der Waals surface area (Å²) in [6, 6.07) is 8.16. The number of hydrogen-bond donors (Lipinski definition) is 4. The van der Waals surface area contributed by atoms with Gasteiger partial charge in [-0.25, -0.2) is 9.00 Å². The molecule has 0 fully saturated rings. The fourth-order valence-electron chi connectivity index (χ4n) is 2.23. The van der Waals surface area contributed by atoms with E-state index in [-0.39, 0.29) is 40.5 Å². The normalized spacial score (nSPS) is 13.0. The number of azo groups is 1. The van der Waals surface area contributed by atoms with E-state index in [1.807, 2.05) is 0 Å². The largest absolute Gasteiger partial charge is 0.507 e. The average molecular weight is 421 g/mol. The maximum atomic E-state index is 12.3. The maximum Gasteiger partial charge on any atom is 0.339 e. The average Bonchev–Trinajstić information content (AvgIpc) is 2.65. The lowest BCUT2D eigenvalue weighted by Crippen LogP contribution is -2.29. The molecule has 1 atom stereocenters. The third-order valence-corrected chi connectivity index (χ3v) is 4.47. The predicted molar refractivity (Wildman–Crippen MR) is 107 cm³/mol. The Labute approximate surface area is 166 Å². The number of carboxylic acids is 1. The molecule has 2 aromatic rings. The summed E-state index contributed by atoms with van der Waals surface area (Å²) < 4.78 is 25.5. The molecule has 2 rings (SSSR count). The highest BCUT2D eigenvalue weighted by atomic mass is 32.2. The number of carbonyl (C=O) groups is 2. The molecule has 0 heterocycles. The molecule has 4 N–H and O–H groups in total. The lowest BCUT2D eigenvalue weighted by Gasteiger charge is -2.10. The lowest BCUT2D eigenvalue weighted by atomic mass is 10.1. The van der Waals surface area contributed by atoms with E-state index in [9.17, 15) is 18.9 Å². The SMILES string of the molecule is C=S(=O)(O)CCNC(=O)c1cc(N=Nc2ccc(O)c(C(=O)O)c2)ccc1OC. The van der Waals surface area contributed by atoms with Crippen molar-refractivity contribution < 1.29 is 33.3 Å². The van der Waals surface area contributed by atoms with Gasteiger partial charge in [0.15, 0.2) is 0 Å². The third-order valence-electron chi connectivity index (χ3n) is 3.63. The van der Waals surface area contributed by atoms with E-state index in [1.165, 1.54) is 37.4 Å². The summed E-state index contributed by atoms with van der Waals surface area (Å²) >= 11 is 0. The van der Waals surface area contributed by atoms with Crippen molar-refractivity contribution in [2.24, 2.45) is 10.2 Å². The van der Waals surface area contributed by atoms with Crippen LogP contribution in [0, 0.1) is 0 Å². The Kier molecular flexibility index (Phi) is 6.91. The van der Waals surface area contributed by atoms with Crippen molar-refractivity contribution in [3.8, 4) is 11.5 Å². The molecule has 10 nitrogen and oxygen atoms in total. The first-order chi connectivity index (χ1) is 13.6. The number of aromatic hydroxyl groups is 1. The van der Waals surface area contributed by atoms with Crippen molar-refractivity contribution in [2.75, 3.05) is 19.4 Å². The van der Waals surface area contributed by atoms with E-state index in [0.29, 0.717) is 0 Å². The van der Waals surface area contributed by atoms with Gasteiger partial charge in [0, 0.05) is 6.54 Å². The van der Waals surface area contributed by atoms with Gasteiger partial charge in [-0.05, 0) is 42.3 Å². The number of hydrogen-bond acceptors (Lipinski definition) is 7. The molecule has 11 heteroatoms. The molecule has 2 aromatic carbocycles. The number of nitrogens with zero attached hydrogens (tertiary/aromatic N) is 2. The molecule has 29 heavy (non-hydrogen) atoms. The van der Waals surface area contributed by atoms with Gasteiger partial charge in [0.25, 0.3) is 5.91 Å². The quantitative estimate of drug-likeness (QED) is 0.376. The van der Waals surface area contributed by atoms with Crippen LogP contribution in [0.4, 0.5) is 11.4 Å². The Morgan fingerprint density at radius 3 is 2.28 bits per heavy atom. The van der Waals surface area contributed by atoms with Gasteiger partial charge < -0.3 is 24.8 Å². The Hall–Kier alpha value is -3.44. The van der Waals surface area contributed by atoms with E-state index < -0.39 is 27.4 Å². The van der Waals surface area contributed by atoms with Crippen LogP contribution in [-0.4, -0.2) is 56.1 Å². The monoisotopic (exact) mass is 421 g/mol. The van der Waals surface area contributed by atoms with E-state index in [0.717, 1.165) is 6.07 Å². The molecule has 1 unspecified atom stereocenters. The fourth-order valence-corrected chi connectivity index (χ4v) is 2.65. The van der Waals surface area contributed by atoms with Gasteiger partial charge in [-0.1, -0.05) is 0 Å². The predicted octanol–water partition coefficient (Wildman–Crippen LogP) is 2.43. The van der Waals surface area contributed by atoms with Crippen LogP contribution in [0.15, 0.2) is 46.6 Å². The molecule has 0 aliphatic heterocycles. The van der Waals surface area contributed by atoms with Gasteiger partial charge in [0.05, 0.1) is 39.6 Å². The number of carboxylic acid groups (broad SMARTS) is 1. The van der Waals surface area contributed by atoms with Crippen LogP contribution in [-0.2, 0) is 9.80 Å². The Balaban J connectivity index is 2.23. The molecule has 0 bridgehead atoms. The third kappa shape index (κ3) is 6.30. The standard InChI is InChI=1S/C18H19N3O7S/c1-28-16-6-4-12(10-14(16)17(23)19-7-8-29(2,26)27)21-20-11-3-5-15(22)13(9-11)18(24)25/h3-6,9-10,22H,2,7-8H2,1H3,(H,19,23)(H,24,25)(H,26,27). The van der Waals surface area contributed by atoms with Crippen molar-refractivity contribution >= 4 is 38.9 Å². The van der Waals surface area contributed by atoms with E-state index in [1.54, 1.807) is 0 Å². The number of aromatic carboxylic acids is 1. The summed E-state index contributed by atoms with van der Waals surface area (Å²) in [5.41, 5.74) is 0.288. The van der Waals surface area contributed by atoms with Gasteiger partial charge >= 0.3 is 5.97 Å². The first-order valence-corrected chi connectivity index (χ1v) is 9.97. The number of benzene rings is 2. The van der Waals surface area contributed by atoms with E-state index >= 15 is 0 Å². The smallest absolute Gasteiger partial charge is 0.339 e. The van der Waals surface area contributed by atoms with Gasteiger partial charge in [-0.3, -0.25) is 4.79 Å². The second kappa shape index (κ2) is 9.17. The molecule has 0 aromatic heterocycles. The van der Waals surface area contributed by atoms with Gasteiger partial charge in [-0.2, -0.15) is 10.2 Å². The Morgan fingerprint density at radius 2 is 1.72 bits per heavy atom. The molecule has 0 spiro atoms. The first kappa shape index (κ1) is 21.9. The number of amides is 1. The number of phenols is 1. The minimum Gasteiger partial charge on any atom is -0.507 e. The lowest BCUT2D eigenvalue weighted by molar-refractivity contribution is 0.0693. The van der Waals surface area contributed by atoms with Crippen molar-refractivity contribution in [2.45, 2.75) is 0 Å². The van der Waals surface area contributed by atoms with Crippen molar-refractivity contribution in [3.63, 3.8) is 0 Å². The van der Waals surface area contributed by atoms with Crippen LogP contribution in [0.25, 0.3) is 0 Å². The second-order valence-electron chi connectivity index (χ2n) is 5.82. The topological polar surface area (TPSA) is 158 Å². The van der Waals surface area contributed by atoms with Crippen LogP contribution >= 0.6 is 0 Å². The number of nitrogens with one attached hydrogen (secondary N) is 1. The zero-order valence-corrected chi connectivity index (χ0v) is 16.2. The van der Waals surface area contributed by atoms with Crippen molar-refractivity contribution in [1.29, 1.82) is 0 Å². The van der Waals surface area contributed by atoms with Crippen molar-refractivity contribution in [3.05, 3.63) is 47.5 Å². The zero-order valence-electron chi connectivity index (χ0n) is 15.4. The number of carbonyl (C=O) groups excluding carboxylic acids is 1. The fraction of sp³-hybridized carbons (Fsp3) is 0.167.